The number of nitrogens with zero attached hydrogens (tertiary/aromatic N) is 4. The molecular formula is C21H16ClN5O3. The van der Waals surface area contributed by atoms with Gasteiger partial charge in [-0.25, -0.2) is 9.80 Å². The number of ether oxygens (including phenoxy) is 1. The van der Waals surface area contributed by atoms with Crippen LogP contribution < -0.4 is 15.5 Å². The Morgan fingerprint density at radius 1 is 1.30 bits per heavy atom. The predicted molar refractivity (Wildman–Crippen MR) is 112 cm³/mol. The van der Waals surface area contributed by atoms with E-state index in [9.17, 15) is 15.3 Å². The normalized spacial score (nSPS) is 18.3. The summed E-state index contributed by atoms with van der Waals surface area (Å²) in [6, 6.07) is 18.0. The summed E-state index contributed by atoms with van der Waals surface area (Å²) in [5, 5.41) is 34.1. The first-order chi connectivity index (χ1) is 14.4. The van der Waals surface area contributed by atoms with Gasteiger partial charge >= 0.3 is 5.97 Å². The summed E-state index contributed by atoms with van der Waals surface area (Å²) >= 11 is 6.14. The van der Waals surface area contributed by atoms with Gasteiger partial charge in [0.15, 0.2) is 6.61 Å². The van der Waals surface area contributed by atoms with Crippen LogP contribution in [0.1, 0.15) is 5.56 Å². The molecule has 0 fully saturated rings. The van der Waals surface area contributed by atoms with Crippen molar-refractivity contribution in [1.82, 2.24) is 0 Å². The van der Waals surface area contributed by atoms with E-state index in [1.54, 1.807) is 6.07 Å². The number of hydrazone groups is 1. The fourth-order valence-corrected chi connectivity index (χ4v) is 3.15. The molecule has 1 aliphatic rings. The molecular weight excluding hydrogens is 406 g/mol. The molecule has 2 aromatic carbocycles. The van der Waals surface area contributed by atoms with Gasteiger partial charge < -0.3 is 15.6 Å². The zero-order valence-electron chi connectivity index (χ0n) is 15.6. The summed E-state index contributed by atoms with van der Waals surface area (Å²) in [6.45, 7) is -0.522. The number of hydrogen-bond acceptors (Lipinski definition) is 7. The van der Waals surface area contributed by atoms with Crippen LogP contribution in [0, 0.1) is 28.6 Å². The second-order valence-electron chi connectivity index (χ2n) is 6.30. The lowest BCUT2D eigenvalue weighted by Gasteiger charge is -2.21. The minimum absolute atomic E-state index is 0.172. The third-order valence-electron chi connectivity index (χ3n) is 4.31. The monoisotopic (exact) mass is 421 g/mol. The number of halogens is 1. The zero-order chi connectivity index (χ0) is 21.7. The van der Waals surface area contributed by atoms with Crippen LogP contribution in [0.2, 0.25) is 5.02 Å². The number of nitrogens with two attached hydrogens (primary N) is 1. The Labute approximate surface area is 177 Å². The zero-order valence-corrected chi connectivity index (χ0v) is 16.3. The van der Waals surface area contributed by atoms with Crippen molar-refractivity contribution < 1.29 is 14.6 Å². The van der Waals surface area contributed by atoms with Crippen molar-refractivity contribution in [2.75, 3.05) is 11.6 Å². The molecule has 0 saturated carbocycles. The van der Waals surface area contributed by atoms with Crippen molar-refractivity contribution >= 4 is 35.0 Å². The SMILES string of the molecule is N#C/C(=C/c1ccc(OCC(=O)O)c(Cl)c1)C1=NN(c2ccccc2)[C@H](N)[C@H]1C#N. The van der Waals surface area contributed by atoms with E-state index in [1.807, 2.05) is 30.3 Å². The molecule has 3 rings (SSSR count). The molecule has 0 bridgehead atoms. The van der Waals surface area contributed by atoms with Crippen LogP contribution in [0.25, 0.3) is 6.08 Å². The molecule has 150 valence electrons. The second kappa shape index (κ2) is 9.10. The van der Waals surface area contributed by atoms with Crippen molar-refractivity contribution in [3.8, 4) is 17.9 Å². The van der Waals surface area contributed by atoms with Gasteiger partial charge in [-0.05, 0) is 35.9 Å². The summed E-state index contributed by atoms with van der Waals surface area (Å²) in [5.74, 6) is -1.72. The van der Waals surface area contributed by atoms with E-state index in [1.165, 1.54) is 23.2 Å². The number of benzene rings is 2. The summed E-state index contributed by atoms with van der Waals surface area (Å²) < 4.78 is 5.09. The maximum Gasteiger partial charge on any atom is 0.341 e. The number of hydrogen-bond donors (Lipinski definition) is 2. The molecule has 2 aromatic rings. The Kier molecular flexibility index (Phi) is 6.33. The van der Waals surface area contributed by atoms with Crippen LogP contribution in [0.3, 0.4) is 0 Å². The van der Waals surface area contributed by atoms with E-state index in [-0.39, 0.29) is 22.1 Å². The number of carboxylic acid groups (broad SMARTS) is 1. The molecule has 0 unspecified atom stereocenters. The highest BCUT2D eigenvalue weighted by Crippen LogP contribution is 2.30. The Balaban J connectivity index is 1.93. The van der Waals surface area contributed by atoms with Gasteiger partial charge in [0.2, 0.25) is 0 Å². The Hall–Kier alpha value is -3.85. The Morgan fingerprint density at radius 3 is 2.63 bits per heavy atom. The molecule has 8 nitrogen and oxygen atoms in total. The predicted octanol–water partition coefficient (Wildman–Crippen LogP) is 3.01. The van der Waals surface area contributed by atoms with Crippen molar-refractivity contribution in [2.45, 2.75) is 6.17 Å². The molecule has 9 heteroatoms. The van der Waals surface area contributed by atoms with Crippen molar-refractivity contribution in [3.63, 3.8) is 0 Å². The van der Waals surface area contributed by atoms with E-state index in [2.05, 4.69) is 17.2 Å². The first-order valence-corrected chi connectivity index (χ1v) is 9.16. The van der Waals surface area contributed by atoms with Gasteiger partial charge in [-0.3, -0.25) is 0 Å². The number of para-hydroxylation sites is 1. The third-order valence-corrected chi connectivity index (χ3v) is 4.60. The average molecular weight is 422 g/mol. The molecule has 1 aliphatic heterocycles. The van der Waals surface area contributed by atoms with E-state index in [4.69, 9.17) is 27.2 Å². The molecule has 0 spiro atoms. The lowest BCUT2D eigenvalue weighted by atomic mass is 9.95. The lowest BCUT2D eigenvalue weighted by molar-refractivity contribution is -0.139. The van der Waals surface area contributed by atoms with E-state index < -0.39 is 24.7 Å². The molecule has 0 aromatic heterocycles. The highest BCUT2D eigenvalue weighted by Gasteiger charge is 2.37. The number of rotatable bonds is 6. The fraction of sp³-hybridized carbons (Fsp3) is 0.143. The summed E-state index contributed by atoms with van der Waals surface area (Å²) in [6.07, 6.45) is 0.802. The summed E-state index contributed by atoms with van der Waals surface area (Å²) in [4.78, 5) is 10.6. The average Bonchev–Trinajstić information content (AvgIpc) is 3.08. The standard InChI is InChI=1S/C21H16ClN5O3/c22-17-9-13(6-7-18(17)30-12-19(28)29)8-14(10-23)20-16(11-24)21(25)27(26-20)15-4-2-1-3-5-15/h1-9,16,21H,12,25H2,(H,28,29)/b14-8-/t16-,21-/m0/s1. The number of anilines is 1. The second-order valence-corrected chi connectivity index (χ2v) is 6.71. The summed E-state index contributed by atoms with van der Waals surface area (Å²) in [7, 11) is 0. The highest BCUT2D eigenvalue weighted by molar-refractivity contribution is 6.32. The highest BCUT2D eigenvalue weighted by atomic mass is 35.5. The maximum absolute atomic E-state index is 10.6. The Morgan fingerprint density at radius 2 is 2.03 bits per heavy atom. The van der Waals surface area contributed by atoms with Crippen LogP contribution in [-0.2, 0) is 4.79 Å². The van der Waals surface area contributed by atoms with Gasteiger partial charge in [0.05, 0.1) is 28.1 Å². The first kappa shape index (κ1) is 20.9. The number of allylic oxidation sites excluding steroid dienone is 1. The van der Waals surface area contributed by atoms with Gasteiger partial charge in [-0.1, -0.05) is 35.9 Å². The molecule has 0 radical (unpaired) electrons. The van der Waals surface area contributed by atoms with Gasteiger partial charge in [-0.2, -0.15) is 15.6 Å². The molecule has 30 heavy (non-hydrogen) atoms. The molecule has 3 N–H and O–H groups in total. The molecule has 0 amide bonds. The lowest BCUT2D eigenvalue weighted by Crippen LogP contribution is -2.40. The number of carbonyl (C=O) groups is 1. The smallest absolute Gasteiger partial charge is 0.341 e. The van der Waals surface area contributed by atoms with Crippen molar-refractivity contribution in [3.05, 3.63) is 64.7 Å². The minimum Gasteiger partial charge on any atom is -0.480 e. The molecule has 2 atom stereocenters. The minimum atomic E-state index is -1.12. The van der Waals surface area contributed by atoms with E-state index >= 15 is 0 Å². The van der Waals surface area contributed by atoms with Crippen LogP contribution in [0.5, 0.6) is 5.75 Å². The van der Waals surface area contributed by atoms with Crippen LogP contribution >= 0.6 is 11.6 Å². The number of aliphatic carboxylic acids is 1. The Bertz CT molecular complexity index is 1100. The van der Waals surface area contributed by atoms with Crippen LogP contribution in [-0.4, -0.2) is 29.6 Å². The number of nitriles is 2. The van der Waals surface area contributed by atoms with Crippen molar-refractivity contribution in [1.29, 1.82) is 10.5 Å². The van der Waals surface area contributed by atoms with Crippen molar-refractivity contribution in [2.24, 2.45) is 16.8 Å². The molecule has 0 saturated heterocycles. The van der Waals surface area contributed by atoms with Gasteiger partial charge in [0.25, 0.3) is 0 Å². The molecule has 0 aliphatic carbocycles. The summed E-state index contributed by atoms with van der Waals surface area (Å²) in [5.41, 5.74) is 7.91. The number of carboxylic acids is 1. The van der Waals surface area contributed by atoms with Crippen LogP contribution in [0.4, 0.5) is 5.69 Å². The molecule has 1 heterocycles. The topological polar surface area (TPSA) is 136 Å². The first-order valence-electron chi connectivity index (χ1n) is 8.79. The quantitative estimate of drug-likeness (QED) is 0.684. The third kappa shape index (κ3) is 4.41. The van der Waals surface area contributed by atoms with E-state index in [0.717, 1.165) is 0 Å². The van der Waals surface area contributed by atoms with Gasteiger partial charge in [0, 0.05) is 0 Å². The maximum atomic E-state index is 10.6. The van der Waals surface area contributed by atoms with E-state index in [0.29, 0.717) is 11.3 Å². The fourth-order valence-electron chi connectivity index (χ4n) is 2.91. The van der Waals surface area contributed by atoms with Gasteiger partial charge in [0.1, 0.15) is 23.9 Å². The van der Waals surface area contributed by atoms with Gasteiger partial charge in [-0.15, -0.1) is 0 Å². The largest absolute Gasteiger partial charge is 0.480 e. The van der Waals surface area contributed by atoms with Crippen LogP contribution in [0.15, 0.2) is 59.2 Å².